The molecule has 3 rings (SSSR count). The minimum absolute atomic E-state index is 0. The van der Waals surface area contributed by atoms with Gasteiger partial charge >= 0.3 is 29.6 Å². The Hall–Kier alpha value is -0.0300. The van der Waals surface area contributed by atoms with Crippen molar-refractivity contribution in [3.63, 3.8) is 0 Å². The van der Waals surface area contributed by atoms with E-state index in [2.05, 4.69) is 67.9 Å². The molecule has 0 saturated carbocycles. The average molecular weight is 746 g/mol. The van der Waals surface area contributed by atoms with Gasteiger partial charge in [0.15, 0.2) is 5.78 Å². The fraction of sp³-hybridized carbons (Fsp3) is 0.222. The van der Waals surface area contributed by atoms with E-state index in [1.807, 2.05) is 0 Å². The average Bonchev–Trinajstić information content (AvgIpc) is 2.68. The molecule has 2 N–H and O–H groups in total. The van der Waals surface area contributed by atoms with Crippen LogP contribution < -0.4 is 34.3 Å². The molecule has 0 spiro atoms. The van der Waals surface area contributed by atoms with E-state index in [1.165, 1.54) is 14.0 Å². The normalized spacial score (nSPS) is 13.8. The summed E-state index contributed by atoms with van der Waals surface area (Å²) in [6.45, 7) is 1.31. The molecule has 0 saturated heterocycles. The zero-order valence-corrected chi connectivity index (χ0v) is 26.1. The van der Waals surface area contributed by atoms with Gasteiger partial charge in [-0.1, -0.05) is 0 Å². The van der Waals surface area contributed by atoms with Crippen molar-refractivity contribution in [1.82, 2.24) is 0 Å². The number of hydrogen-bond acceptors (Lipinski definition) is 9. The minimum atomic E-state index is -4.99. The van der Waals surface area contributed by atoms with Crippen molar-refractivity contribution in [2.24, 2.45) is 0 Å². The number of ketones is 2. The zero-order chi connectivity index (χ0) is 24.3. The molecule has 0 aromatic heterocycles. The molecule has 1 aliphatic carbocycles. The molecule has 0 aliphatic heterocycles. The molecule has 33 heavy (non-hydrogen) atoms. The standard InChI is InChI=1S/C18H12Br4O9S.Na/c1-4(31-32(27,28)29)3-5-10(19)6-8(16(25)11(5)20)15(24)9-7(14(6)23)12(21)17(26)13(22)18(9)30-2;/h4,25-26H,3H2,1-2H3,(H,27,28,29);/q;+1/p-1. The van der Waals surface area contributed by atoms with Crippen LogP contribution in [0.4, 0.5) is 0 Å². The van der Waals surface area contributed by atoms with Gasteiger partial charge in [0.05, 0.1) is 44.4 Å². The van der Waals surface area contributed by atoms with Crippen molar-refractivity contribution in [3.8, 4) is 17.2 Å². The third-order valence-corrected chi connectivity index (χ3v) is 8.44. The maximum absolute atomic E-state index is 13.5. The summed E-state index contributed by atoms with van der Waals surface area (Å²) in [5, 5.41) is 21.2. The fourth-order valence-corrected chi connectivity index (χ4v) is 6.83. The number of methoxy groups -OCH3 is 1. The molecule has 9 nitrogen and oxygen atoms in total. The number of fused-ring (bicyclic) bond motifs is 2. The van der Waals surface area contributed by atoms with Crippen molar-refractivity contribution in [1.29, 1.82) is 0 Å². The molecule has 0 radical (unpaired) electrons. The third kappa shape index (κ3) is 5.11. The molecular formula is C18H11Br4NaO9S. The second kappa shape index (κ2) is 10.5. The molecule has 1 atom stereocenters. The number of ether oxygens (including phenoxy) is 1. The van der Waals surface area contributed by atoms with E-state index in [0.717, 1.165) is 0 Å². The van der Waals surface area contributed by atoms with E-state index in [9.17, 15) is 32.8 Å². The molecule has 15 heteroatoms. The number of carbonyl (C=O) groups excluding carboxylic acids is 2. The molecule has 0 bridgehead atoms. The summed E-state index contributed by atoms with van der Waals surface area (Å²) in [5.74, 6) is -2.50. The molecule has 0 amide bonds. The second-order valence-electron chi connectivity index (χ2n) is 6.64. The Balaban J connectivity index is 0.00000385. The third-order valence-electron chi connectivity index (χ3n) is 4.64. The molecule has 1 unspecified atom stereocenters. The van der Waals surface area contributed by atoms with Crippen molar-refractivity contribution >= 4 is 85.7 Å². The first-order valence-electron chi connectivity index (χ1n) is 8.47. The van der Waals surface area contributed by atoms with Gasteiger partial charge in [0.2, 0.25) is 16.2 Å². The Kier molecular flexibility index (Phi) is 9.32. The van der Waals surface area contributed by atoms with E-state index in [-0.39, 0.29) is 93.2 Å². The first-order valence-corrected chi connectivity index (χ1v) is 13.0. The van der Waals surface area contributed by atoms with Crippen molar-refractivity contribution in [2.75, 3.05) is 7.11 Å². The SMILES string of the molecule is COc1c(Br)c(O)c(Br)c2c1C(=O)c1c(O)c(Br)c(CC(C)OS(=O)(=O)[O-])c(Br)c1C2=O.[Na+]. The van der Waals surface area contributed by atoms with Gasteiger partial charge in [-0.3, -0.25) is 13.8 Å². The van der Waals surface area contributed by atoms with Gasteiger partial charge in [-0.2, -0.15) is 0 Å². The molecule has 0 heterocycles. The van der Waals surface area contributed by atoms with Gasteiger partial charge in [0.25, 0.3) is 0 Å². The van der Waals surface area contributed by atoms with E-state index >= 15 is 0 Å². The largest absolute Gasteiger partial charge is 1.00 e. The predicted molar refractivity (Wildman–Crippen MR) is 124 cm³/mol. The van der Waals surface area contributed by atoms with Crippen molar-refractivity contribution in [2.45, 2.75) is 19.4 Å². The Bertz CT molecular complexity index is 1310. The summed E-state index contributed by atoms with van der Waals surface area (Å²) >= 11 is 12.7. The van der Waals surface area contributed by atoms with E-state index in [1.54, 1.807) is 0 Å². The number of carbonyl (C=O) groups is 2. The molecule has 172 valence electrons. The topological polar surface area (TPSA) is 150 Å². The van der Waals surface area contributed by atoms with Crippen LogP contribution in [0.5, 0.6) is 17.2 Å². The second-order valence-corrected chi connectivity index (χ2v) is 10.8. The number of aromatic hydroxyl groups is 2. The van der Waals surface area contributed by atoms with Gasteiger partial charge in [-0.15, -0.1) is 0 Å². The molecule has 0 fully saturated rings. The molecular weight excluding hydrogens is 735 g/mol. The quantitative estimate of drug-likeness (QED) is 0.224. The van der Waals surface area contributed by atoms with E-state index in [0.29, 0.717) is 0 Å². The van der Waals surface area contributed by atoms with Crippen LogP contribution >= 0.6 is 63.7 Å². The van der Waals surface area contributed by atoms with Crippen LogP contribution in [0.3, 0.4) is 0 Å². The van der Waals surface area contributed by atoms with Gasteiger partial charge in [-0.05, 0) is 76.2 Å². The number of phenolic OH excluding ortho intramolecular Hbond substituents is 2. The van der Waals surface area contributed by atoms with E-state index in [4.69, 9.17) is 4.74 Å². The van der Waals surface area contributed by atoms with Gasteiger partial charge in [0, 0.05) is 10.9 Å². The first kappa shape index (κ1) is 29.2. The van der Waals surface area contributed by atoms with Gasteiger partial charge < -0.3 is 19.5 Å². The van der Waals surface area contributed by atoms with Crippen molar-refractivity contribution < 1.29 is 71.2 Å². The predicted octanol–water partition coefficient (Wildman–Crippen LogP) is 1.34. The smallest absolute Gasteiger partial charge is 0.726 e. The number of benzene rings is 2. The number of phenols is 2. The fourth-order valence-electron chi connectivity index (χ4n) is 3.39. The summed E-state index contributed by atoms with van der Waals surface area (Å²) in [7, 11) is -3.74. The summed E-state index contributed by atoms with van der Waals surface area (Å²) in [6.07, 6.45) is -1.36. The van der Waals surface area contributed by atoms with Gasteiger partial charge in [0.1, 0.15) is 21.7 Å². The zero-order valence-electron chi connectivity index (χ0n) is 17.0. The van der Waals surface area contributed by atoms with Crippen LogP contribution in [0.1, 0.15) is 44.3 Å². The van der Waals surface area contributed by atoms with E-state index < -0.39 is 33.8 Å². The summed E-state index contributed by atoms with van der Waals surface area (Å²) in [4.78, 5) is 26.9. The van der Waals surface area contributed by atoms with Crippen LogP contribution in [0, 0.1) is 0 Å². The van der Waals surface area contributed by atoms with Gasteiger partial charge in [-0.25, -0.2) is 8.42 Å². The monoisotopic (exact) mass is 742 g/mol. The van der Waals surface area contributed by atoms with Crippen LogP contribution in [0.2, 0.25) is 0 Å². The van der Waals surface area contributed by atoms with Crippen molar-refractivity contribution in [3.05, 3.63) is 45.7 Å². The first-order chi connectivity index (χ1) is 14.7. The van der Waals surface area contributed by atoms with Crippen LogP contribution in [-0.4, -0.2) is 48.0 Å². The molecule has 1 aliphatic rings. The Labute approximate surface area is 244 Å². The van der Waals surface area contributed by atoms with Crippen LogP contribution in [0.25, 0.3) is 0 Å². The molecule has 2 aromatic rings. The number of halogens is 4. The number of hydrogen-bond donors (Lipinski definition) is 2. The van der Waals surface area contributed by atoms with Crippen LogP contribution in [-0.2, 0) is 21.0 Å². The summed E-state index contributed by atoms with van der Waals surface area (Å²) in [6, 6.07) is 0. The Morgan fingerprint density at radius 3 is 1.91 bits per heavy atom. The maximum atomic E-state index is 13.5. The molecule has 2 aromatic carbocycles. The van der Waals surface area contributed by atoms with Crippen LogP contribution in [0.15, 0.2) is 17.9 Å². The summed E-state index contributed by atoms with van der Waals surface area (Å²) < 4.78 is 42.4. The Morgan fingerprint density at radius 1 is 0.879 bits per heavy atom. The summed E-state index contributed by atoms with van der Waals surface area (Å²) in [5.41, 5.74) is -0.693. The number of rotatable bonds is 5. The maximum Gasteiger partial charge on any atom is 1.00 e. The Morgan fingerprint density at radius 2 is 1.39 bits per heavy atom. The minimum Gasteiger partial charge on any atom is -0.726 e.